The van der Waals surface area contributed by atoms with Gasteiger partial charge in [-0.25, -0.2) is 0 Å². The highest BCUT2D eigenvalue weighted by Crippen LogP contribution is 2.38. The van der Waals surface area contributed by atoms with Gasteiger partial charge in [0.1, 0.15) is 0 Å². The second-order valence-corrected chi connectivity index (χ2v) is 9.29. The predicted octanol–water partition coefficient (Wildman–Crippen LogP) is 7.00. The Morgan fingerprint density at radius 3 is 2.37 bits per heavy atom. The molecule has 4 rings (SSSR count). The summed E-state index contributed by atoms with van der Waals surface area (Å²) in [5, 5.41) is 3.86. The minimum atomic E-state index is -4.46. The van der Waals surface area contributed by atoms with Crippen molar-refractivity contribution in [1.82, 2.24) is 9.88 Å². The van der Waals surface area contributed by atoms with E-state index in [1.807, 2.05) is 74.6 Å². The van der Waals surface area contributed by atoms with Crippen molar-refractivity contribution < 1.29 is 18.0 Å². The second-order valence-electron chi connectivity index (χ2n) is 9.29. The van der Waals surface area contributed by atoms with Crippen LogP contribution in [0, 0.1) is 5.92 Å². The van der Waals surface area contributed by atoms with Gasteiger partial charge in [-0.15, -0.1) is 0 Å². The van der Waals surface area contributed by atoms with Crippen molar-refractivity contribution in [3.63, 3.8) is 0 Å². The molecule has 35 heavy (non-hydrogen) atoms. The SMILES string of the molecule is CC(C)CNC(=O)C[C@@H](c1cccc(C(F)(F)F)c1)c1cn(Cc2ccccc2)c2ccccc12. The first kappa shape index (κ1) is 24.6. The number of carbonyl (C=O) groups is 1. The summed E-state index contributed by atoms with van der Waals surface area (Å²) in [6.07, 6.45) is -2.41. The van der Waals surface area contributed by atoms with E-state index in [0.29, 0.717) is 18.7 Å². The molecular weight excluding hydrogens is 449 g/mol. The highest BCUT2D eigenvalue weighted by Gasteiger charge is 2.32. The summed E-state index contributed by atoms with van der Waals surface area (Å²) < 4.78 is 42.7. The lowest BCUT2D eigenvalue weighted by atomic mass is 9.87. The Hall–Kier alpha value is -3.54. The van der Waals surface area contributed by atoms with Crippen LogP contribution < -0.4 is 5.32 Å². The van der Waals surface area contributed by atoms with Gasteiger partial charge >= 0.3 is 6.18 Å². The minimum Gasteiger partial charge on any atom is -0.356 e. The van der Waals surface area contributed by atoms with E-state index in [2.05, 4.69) is 9.88 Å². The Balaban J connectivity index is 1.80. The molecule has 1 aromatic heterocycles. The molecule has 3 aromatic carbocycles. The molecule has 1 amide bonds. The fourth-order valence-corrected chi connectivity index (χ4v) is 4.38. The molecule has 0 saturated carbocycles. The first-order chi connectivity index (χ1) is 16.7. The van der Waals surface area contributed by atoms with Gasteiger partial charge in [-0.05, 0) is 34.7 Å². The smallest absolute Gasteiger partial charge is 0.356 e. The van der Waals surface area contributed by atoms with Crippen LogP contribution in [-0.4, -0.2) is 17.0 Å². The van der Waals surface area contributed by atoms with Gasteiger partial charge in [0.25, 0.3) is 0 Å². The number of alkyl halides is 3. The van der Waals surface area contributed by atoms with E-state index in [4.69, 9.17) is 0 Å². The molecule has 0 spiro atoms. The third kappa shape index (κ3) is 5.94. The molecule has 6 heteroatoms. The van der Waals surface area contributed by atoms with Crippen molar-refractivity contribution >= 4 is 16.8 Å². The predicted molar refractivity (Wildman–Crippen MR) is 133 cm³/mol. The van der Waals surface area contributed by atoms with Gasteiger partial charge in [-0.3, -0.25) is 4.79 Å². The van der Waals surface area contributed by atoms with E-state index in [9.17, 15) is 18.0 Å². The average Bonchev–Trinajstić information content (AvgIpc) is 3.19. The van der Waals surface area contributed by atoms with Crippen LogP contribution in [-0.2, 0) is 17.5 Å². The molecule has 0 fully saturated rings. The van der Waals surface area contributed by atoms with Gasteiger partial charge in [0.2, 0.25) is 5.91 Å². The molecule has 0 unspecified atom stereocenters. The van der Waals surface area contributed by atoms with Crippen LogP contribution in [0.4, 0.5) is 13.2 Å². The number of fused-ring (bicyclic) bond motifs is 1. The van der Waals surface area contributed by atoms with Gasteiger partial charge in [0.05, 0.1) is 5.56 Å². The fourth-order valence-electron chi connectivity index (χ4n) is 4.38. The van der Waals surface area contributed by atoms with Crippen LogP contribution in [0.3, 0.4) is 0 Å². The van der Waals surface area contributed by atoms with Gasteiger partial charge in [0, 0.05) is 42.5 Å². The van der Waals surface area contributed by atoms with E-state index < -0.39 is 17.7 Å². The number of carbonyl (C=O) groups excluding carboxylic acids is 1. The van der Waals surface area contributed by atoms with Crippen molar-refractivity contribution in [2.45, 2.75) is 38.9 Å². The Kier molecular flexibility index (Phi) is 7.29. The summed E-state index contributed by atoms with van der Waals surface area (Å²) in [7, 11) is 0. The zero-order valence-corrected chi connectivity index (χ0v) is 19.8. The summed E-state index contributed by atoms with van der Waals surface area (Å²) in [4.78, 5) is 12.9. The van der Waals surface area contributed by atoms with Gasteiger partial charge in [-0.1, -0.05) is 80.6 Å². The number of hydrogen-bond acceptors (Lipinski definition) is 1. The first-order valence-corrected chi connectivity index (χ1v) is 11.8. The van der Waals surface area contributed by atoms with E-state index in [1.54, 1.807) is 6.07 Å². The van der Waals surface area contributed by atoms with E-state index in [-0.39, 0.29) is 18.2 Å². The maximum atomic E-state index is 13.5. The van der Waals surface area contributed by atoms with Crippen molar-refractivity contribution in [2.24, 2.45) is 5.92 Å². The number of benzene rings is 3. The lowest BCUT2D eigenvalue weighted by molar-refractivity contribution is -0.137. The van der Waals surface area contributed by atoms with Crippen LogP contribution in [0.5, 0.6) is 0 Å². The molecule has 182 valence electrons. The first-order valence-electron chi connectivity index (χ1n) is 11.8. The third-order valence-corrected chi connectivity index (χ3v) is 6.10. The van der Waals surface area contributed by atoms with Crippen LogP contribution in [0.1, 0.15) is 48.4 Å². The Morgan fingerprint density at radius 2 is 1.66 bits per heavy atom. The van der Waals surface area contributed by atoms with Crippen molar-refractivity contribution in [2.75, 3.05) is 6.54 Å². The lowest BCUT2D eigenvalue weighted by Gasteiger charge is -2.19. The molecule has 0 aliphatic rings. The van der Waals surface area contributed by atoms with Crippen LogP contribution in [0.15, 0.2) is 85.1 Å². The fraction of sp³-hybridized carbons (Fsp3) is 0.276. The third-order valence-electron chi connectivity index (χ3n) is 6.10. The topological polar surface area (TPSA) is 34.0 Å². The molecule has 1 atom stereocenters. The molecule has 4 aromatic rings. The maximum Gasteiger partial charge on any atom is 0.416 e. The molecule has 0 saturated heterocycles. The van der Waals surface area contributed by atoms with E-state index in [0.717, 1.165) is 28.1 Å². The zero-order chi connectivity index (χ0) is 25.0. The Labute approximate surface area is 203 Å². The van der Waals surface area contributed by atoms with Crippen molar-refractivity contribution in [3.05, 3.63) is 107 Å². The van der Waals surface area contributed by atoms with E-state index >= 15 is 0 Å². The molecule has 3 nitrogen and oxygen atoms in total. The van der Waals surface area contributed by atoms with Crippen molar-refractivity contribution in [1.29, 1.82) is 0 Å². The molecule has 0 aliphatic carbocycles. The van der Waals surface area contributed by atoms with Gasteiger partial charge in [0.15, 0.2) is 0 Å². The minimum absolute atomic E-state index is 0.0629. The van der Waals surface area contributed by atoms with Gasteiger partial charge < -0.3 is 9.88 Å². The summed E-state index contributed by atoms with van der Waals surface area (Å²) in [6, 6.07) is 23.2. The second kappa shape index (κ2) is 10.4. The molecule has 0 radical (unpaired) electrons. The van der Waals surface area contributed by atoms with Crippen LogP contribution in [0.25, 0.3) is 10.9 Å². The van der Waals surface area contributed by atoms with Crippen molar-refractivity contribution in [3.8, 4) is 0 Å². The quantitative estimate of drug-likeness (QED) is 0.291. The molecule has 0 aliphatic heterocycles. The lowest BCUT2D eigenvalue weighted by Crippen LogP contribution is -2.28. The monoisotopic (exact) mass is 478 g/mol. The number of hydrogen-bond donors (Lipinski definition) is 1. The summed E-state index contributed by atoms with van der Waals surface area (Å²) >= 11 is 0. The normalized spacial score (nSPS) is 12.7. The number of para-hydroxylation sites is 1. The summed E-state index contributed by atoms with van der Waals surface area (Å²) in [6.45, 7) is 5.14. The Morgan fingerprint density at radius 1 is 0.943 bits per heavy atom. The number of nitrogens with one attached hydrogen (secondary N) is 1. The van der Waals surface area contributed by atoms with Crippen LogP contribution >= 0.6 is 0 Å². The maximum absolute atomic E-state index is 13.5. The molecule has 1 N–H and O–H groups in total. The zero-order valence-electron chi connectivity index (χ0n) is 19.8. The number of aromatic nitrogens is 1. The van der Waals surface area contributed by atoms with Gasteiger partial charge in [-0.2, -0.15) is 13.2 Å². The average molecular weight is 479 g/mol. The molecule has 0 bridgehead atoms. The summed E-state index contributed by atoms with van der Waals surface area (Å²) in [5.41, 5.74) is 2.70. The van der Waals surface area contributed by atoms with Crippen LogP contribution in [0.2, 0.25) is 0 Å². The number of nitrogens with zero attached hydrogens (tertiary/aromatic N) is 1. The highest BCUT2D eigenvalue weighted by molar-refractivity contribution is 5.86. The summed E-state index contributed by atoms with van der Waals surface area (Å²) in [5.74, 6) is -0.425. The number of rotatable bonds is 8. The largest absolute Gasteiger partial charge is 0.416 e. The highest BCUT2D eigenvalue weighted by atomic mass is 19.4. The number of amides is 1. The molecular formula is C29H29F3N2O. The Bertz CT molecular complexity index is 1290. The standard InChI is InChI=1S/C29H29F3N2O/c1-20(2)17-33-28(35)16-25(22-11-8-12-23(15-22)29(30,31)32)26-19-34(18-21-9-4-3-5-10-21)27-14-7-6-13-24(26)27/h3-15,19-20,25H,16-18H2,1-2H3,(H,33,35)/t25-/m0/s1. The van der Waals surface area contributed by atoms with E-state index in [1.165, 1.54) is 12.1 Å². The molecule has 1 heterocycles. The number of halogens is 3.